The molecule has 19 heavy (non-hydrogen) atoms. The molecule has 0 saturated carbocycles. The van der Waals surface area contributed by atoms with Crippen LogP contribution in [0.5, 0.6) is 0 Å². The van der Waals surface area contributed by atoms with Gasteiger partial charge in [-0.2, -0.15) is 4.98 Å². The summed E-state index contributed by atoms with van der Waals surface area (Å²) in [6.45, 7) is 1.99. The van der Waals surface area contributed by atoms with Gasteiger partial charge in [0.25, 0.3) is 0 Å². The van der Waals surface area contributed by atoms with Gasteiger partial charge in [0, 0.05) is 18.3 Å². The monoisotopic (exact) mass is 262 g/mol. The molecule has 5 nitrogen and oxygen atoms in total. The number of rotatable bonds is 3. The van der Waals surface area contributed by atoms with Gasteiger partial charge in [0.05, 0.1) is 5.69 Å². The molecule has 0 aliphatic carbocycles. The van der Waals surface area contributed by atoms with Crippen LogP contribution < -0.4 is 5.69 Å². The molecule has 0 atom stereocenters. The lowest BCUT2D eigenvalue weighted by atomic mass is 10.1. The molecule has 0 fully saturated rings. The minimum Gasteiger partial charge on any atom is -0.478 e. The van der Waals surface area contributed by atoms with E-state index < -0.39 is 17.5 Å². The number of hydrogen-bond donors (Lipinski definition) is 1. The number of carboxylic acids is 1. The molecule has 2 aromatic rings. The molecule has 1 heterocycles. The molecule has 6 heteroatoms. The third-order valence-corrected chi connectivity index (χ3v) is 2.69. The number of halogens is 1. The van der Waals surface area contributed by atoms with Crippen molar-refractivity contribution in [3.05, 3.63) is 52.3 Å². The van der Waals surface area contributed by atoms with E-state index >= 15 is 0 Å². The zero-order chi connectivity index (χ0) is 14.0. The number of hydrogen-bond acceptors (Lipinski definition) is 3. The van der Waals surface area contributed by atoms with Crippen LogP contribution >= 0.6 is 0 Å². The van der Waals surface area contributed by atoms with E-state index in [-0.39, 0.29) is 16.8 Å². The molecule has 0 aliphatic rings. The van der Waals surface area contributed by atoms with Crippen molar-refractivity contribution in [1.29, 1.82) is 0 Å². The zero-order valence-corrected chi connectivity index (χ0v) is 10.1. The minimum atomic E-state index is -1.26. The van der Waals surface area contributed by atoms with Crippen LogP contribution in [0.4, 0.5) is 4.39 Å². The predicted octanol–water partition coefficient (Wildman–Crippen LogP) is 1.77. The Labute approximate surface area is 108 Å². The summed E-state index contributed by atoms with van der Waals surface area (Å²) >= 11 is 0. The highest BCUT2D eigenvalue weighted by Gasteiger charge is 2.18. The Morgan fingerprint density at radius 1 is 1.42 bits per heavy atom. The average molecular weight is 262 g/mol. The highest BCUT2D eigenvalue weighted by molar-refractivity contribution is 5.94. The molecule has 2 rings (SSSR count). The van der Waals surface area contributed by atoms with E-state index in [0.717, 1.165) is 4.57 Å². The predicted molar refractivity (Wildman–Crippen MR) is 66.5 cm³/mol. The Morgan fingerprint density at radius 3 is 2.68 bits per heavy atom. The molecule has 0 aliphatic heterocycles. The third-order valence-electron chi connectivity index (χ3n) is 2.69. The number of aromatic carboxylic acids is 1. The highest BCUT2D eigenvalue weighted by atomic mass is 19.1. The lowest BCUT2D eigenvalue weighted by Gasteiger charge is -2.08. The maximum atomic E-state index is 13.7. The first-order chi connectivity index (χ1) is 9.04. The van der Waals surface area contributed by atoms with Crippen molar-refractivity contribution < 1.29 is 14.3 Å². The van der Waals surface area contributed by atoms with E-state index in [1.165, 1.54) is 24.4 Å². The number of aromatic nitrogens is 2. The SMILES string of the molecule is CCn1cc(C(=O)O)c(-c2ccccc2F)nc1=O. The van der Waals surface area contributed by atoms with Crippen molar-refractivity contribution in [1.82, 2.24) is 9.55 Å². The Bertz CT molecular complexity index is 695. The summed E-state index contributed by atoms with van der Waals surface area (Å²) in [6.07, 6.45) is 1.18. The van der Waals surface area contributed by atoms with Gasteiger partial charge in [-0.1, -0.05) is 12.1 Å². The molecule has 1 aromatic heterocycles. The molecule has 98 valence electrons. The molecular formula is C13H11FN2O3. The van der Waals surface area contributed by atoms with Crippen LogP contribution in [-0.4, -0.2) is 20.6 Å². The Balaban J connectivity index is 2.76. The molecule has 0 saturated heterocycles. The Morgan fingerprint density at radius 2 is 2.11 bits per heavy atom. The number of carbonyl (C=O) groups is 1. The van der Waals surface area contributed by atoms with E-state index in [4.69, 9.17) is 5.11 Å². The molecule has 0 unspecified atom stereocenters. The summed E-state index contributed by atoms with van der Waals surface area (Å²) < 4.78 is 14.9. The second kappa shape index (κ2) is 5.01. The quantitative estimate of drug-likeness (QED) is 0.914. The third kappa shape index (κ3) is 2.37. The first-order valence-electron chi connectivity index (χ1n) is 5.64. The molecule has 0 bridgehead atoms. The fourth-order valence-electron chi connectivity index (χ4n) is 1.73. The molecule has 1 N–H and O–H groups in total. The van der Waals surface area contributed by atoms with Crippen LogP contribution in [0.3, 0.4) is 0 Å². The fraction of sp³-hybridized carbons (Fsp3) is 0.154. The van der Waals surface area contributed by atoms with Crippen LogP contribution in [-0.2, 0) is 6.54 Å². The van der Waals surface area contributed by atoms with Crippen molar-refractivity contribution in [2.24, 2.45) is 0 Å². The standard InChI is InChI=1S/C13H11FN2O3/c1-2-16-7-9(12(17)18)11(15-13(16)19)8-5-3-4-6-10(8)14/h3-7H,2H2,1H3,(H,17,18). The molecule has 0 spiro atoms. The van der Waals surface area contributed by atoms with Gasteiger partial charge in [0.2, 0.25) is 0 Å². The minimum absolute atomic E-state index is 0.000234. The number of carboxylic acid groups (broad SMARTS) is 1. The van der Waals surface area contributed by atoms with Gasteiger partial charge in [-0.05, 0) is 19.1 Å². The van der Waals surface area contributed by atoms with Crippen molar-refractivity contribution >= 4 is 5.97 Å². The first-order valence-corrected chi connectivity index (χ1v) is 5.64. The first kappa shape index (κ1) is 12.9. The second-order valence-corrected chi connectivity index (χ2v) is 3.86. The summed E-state index contributed by atoms with van der Waals surface area (Å²) in [4.78, 5) is 26.6. The van der Waals surface area contributed by atoms with Gasteiger partial charge >= 0.3 is 11.7 Å². The van der Waals surface area contributed by atoms with Crippen LogP contribution in [0.15, 0.2) is 35.3 Å². The maximum absolute atomic E-state index is 13.7. The Kier molecular flexibility index (Phi) is 3.41. The topological polar surface area (TPSA) is 72.2 Å². The molecule has 0 amide bonds. The van der Waals surface area contributed by atoms with Crippen LogP contribution in [0, 0.1) is 5.82 Å². The summed E-state index contributed by atoms with van der Waals surface area (Å²) in [7, 11) is 0. The normalized spacial score (nSPS) is 10.4. The lowest BCUT2D eigenvalue weighted by molar-refractivity contribution is 0.0696. The molecule has 0 radical (unpaired) electrons. The van der Waals surface area contributed by atoms with Crippen molar-refractivity contribution in [3.63, 3.8) is 0 Å². The summed E-state index contributed by atoms with van der Waals surface area (Å²) in [5, 5.41) is 9.15. The Hall–Kier alpha value is -2.50. The summed E-state index contributed by atoms with van der Waals surface area (Å²) in [5.41, 5.74) is -0.960. The smallest absolute Gasteiger partial charge is 0.348 e. The van der Waals surface area contributed by atoms with E-state index in [2.05, 4.69) is 4.98 Å². The zero-order valence-electron chi connectivity index (χ0n) is 10.1. The van der Waals surface area contributed by atoms with E-state index in [1.54, 1.807) is 13.0 Å². The second-order valence-electron chi connectivity index (χ2n) is 3.86. The van der Waals surface area contributed by atoms with Crippen molar-refractivity contribution in [2.75, 3.05) is 0 Å². The van der Waals surface area contributed by atoms with E-state index in [0.29, 0.717) is 6.54 Å². The van der Waals surface area contributed by atoms with Gasteiger partial charge in [-0.3, -0.25) is 4.57 Å². The summed E-state index contributed by atoms with van der Waals surface area (Å²) in [5.74, 6) is -1.88. The summed E-state index contributed by atoms with van der Waals surface area (Å²) in [6, 6.07) is 5.61. The maximum Gasteiger partial charge on any atom is 0.348 e. The molecular weight excluding hydrogens is 251 g/mol. The van der Waals surface area contributed by atoms with Gasteiger partial charge in [0.1, 0.15) is 11.4 Å². The van der Waals surface area contributed by atoms with Gasteiger partial charge in [-0.15, -0.1) is 0 Å². The largest absolute Gasteiger partial charge is 0.478 e. The number of aryl methyl sites for hydroxylation is 1. The van der Waals surface area contributed by atoms with Gasteiger partial charge in [-0.25, -0.2) is 14.0 Å². The van der Waals surface area contributed by atoms with E-state index in [9.17, 15) is 14.0 Å². The van der Waals surface area contributed by atoms with Crippen molar-refractivity contribution in [2.45, 2.75) is 13.5 Å². The van der Waals surface area contributed by atoms with Gasteiger partial charge < -0.3 is 5.11 Å². The van der Waals surface area contributed by atoms with Gasteiger partial charge in [0.15, 0.2) is 0 Å². The van der Waals surface area contributed by atoms with Crippen LogP contribution in [0.2, 0.25) is 0 Å². The van der Waals surface area contributed by atoms with Crippen LogP contribution in [0.25, 0.3) is 11.3 Å². The van der Waals surface area contributed by atoms with Crippen molar-refractivity contribution in [3.8, 4) is 11.3 Å². The van der Waals surface area contributed by atoms with E-state index in [1.807, 2.05) is 0 Å². The number of nitrogens with zero attached hydrogens (tertiary/aromatic N) is 2. The van der Waals surface area contributed by atoms with Crippen LogP contribution in [0.1, 0.15) is 17.3 Å². The average Bonchev–Trinajstić information content (AvgIpc) is 2.38. The highest BCUT2D eigenvalue weighted by Crippen LogP contribution is 2.23. The molecule has 1 aromatic carbocycles. The fourth-order valence-corrected chi connectivity index (χ4v) is 1.73. The lowest BCUT2D eigenvalue weighted by Crippen LogP contribution is -2.24. The number of benzene rings is 1.